The number of para-hydroxylation sites is 1. The second-order valence-corrected chi connectivity index (χ2v) is 7.83. The molecule has 1 amide bonds. The van der Waals surface area contributed by atoms with Crippen molar-refractivity contribution in [3.05, 3.63) is 70.5 Å². The first kappa shape index (κ1) is 20.3. The zero-order chi connectivity index (χ0) is 21.3. The predicted molar refractivity (Wildman–Crippen MR) is 104 cm³/mol. The van der Waals surface area contributed by atoms with E-state index >= 15 is 0 Å². The first-order valence-electron chi connectivity index (χ1n) is 9.12. The van der Waals surface area contributed by atoms with E-state index in [2.05, 4.69) is 4.98 Å². The Morgan fingerprint density at radius 3 is 2.57 bits per heavy atom. The van der Waals surface area contributed by atoms with Crippen LogP contribution in [0.25, 0.3) is 10.6 Å². The van der Waals surface area contributed by atoms with Gasteiger partial charge >= 0.3 is 6.18 Å². The number of amides is 1. The second-order valence-electron chi connectivity index (χ2n) is 6.75. The van der Waals surface area contributed by atoms with Crippen LogP contribution in [0.2, 0.25) is 0 Å². The van der Waals surface area contributed by atoms with Crippen molar-refractivity contribution in [1.29, 1.82) is 0 Å². The lowest BCUT2D eigenvalue weighted by Gasteiger charge is -2.26. The Morgan fingerprint density at radius 2 is 1.87 bits per heavy atom. The minimum Gasteiger partial charge on any atom is -0.481 e. The van der Waals surface area contributed by atoms with Gasteiger partial charge in [0, 0.05) is 23.4 Å². The van der Waals surface area contributed by atoms with Crippen LogP contribution in [0.5, 0.6) is 5.75 Å². The van der Waals surface area contributed by atoms with Gasteiger partial charge in [-0.3, -0.25) is 4.79 Å². The van der Waals surface area contributed by atoms with Gasteiger partial charge < -0.3 is 9.64 Å². The summed E-state index contributed by atoms with van der Waals surface area (Å²) in [5, 5.41) is 0.616. The van der Waals surface area contributed by atoms with Gasteiger partial charge in [-0.2, -0.15) is 13.2 Å². The highest BCUT2D eigenvalue weighted by atomic mass is 32.1. The highest BCUT2D eigenvalue weighted by Gasteiger charge is 2.30. The van der Waals surface area contributed by atoms with Gasteiger partial charge in [0.2, 0.25) is 0 Å². The van der Waals surface area contributed by atoms with Crippen LogP contribution in [0.3, 0.4) is 0 Å². The minimum absolute atomic E-state index is 0.0194. The van der Waals surface area contributed by atoms with E-state index in [0.717, 1.165) is 22.7 Å². The molecule has 1 aliphatic rings. The van der Waals surface area contributed by atoms with Crippen LogP contribution in [0.15, 0.2) is 48.5 Å². The summed E-state index contributed by atoms with van der Waals surface area (Å²) in [6.07, 6.45) is -3.84. The van der Waals surface area contributed by atoms with E-state index in [0.29, 0.717) is 30.1 Å². The van der Waals surface area contributed by atoms with Crippen LogP contribution in [-0.2, 0) is 23.9 Å². The van der Waals surface area contributed by atoms with Crippen molar-refractivity contribution >= 4 is 17.2 Å². The predicted octanol–water partition coefficient (Wildman–Crippen LogP) is 4.93. The first-order valence-corrected chi connectivity index (χ1v) is 9.94. The Kier molecular flexibility index (Phi) is 5.46. The van der Waals surface area contributed by atoms with Gasteiger partial charge in [0.25, 0.3) is 5.91 Å². The number of nitrogens with zero attached hydrogens (tertiary/aromatic N) is 2. The Balaban J connectivity index is 1.42. The van der Waals surface area contributed by atoms with Crippen molar-refractivity contribution < 1.29 is 27.1 Å². The normalized spacial score (nSPS) is 13.8. The Bertz CT molecular complexity index is 1060. The number of hydrogen-bond donors (Lipinski definition) is 0. The van der Waals surface area contributed by atoms with Crippen molar-refractivity contribution in [2.45, 2.75) is 19.1 Å². The zero-order valence-corrected chi connectivity index (χ0v) is 16.4. The number of hydrogen-bond acceptors (Lipinski definition) is 4. The molecule has 156 valence electrons. The van der Waals surface area contributed by atoms with E-state index < -0.39 is 17.6 Å². The molecule has 0 N–H and O–H groups in total. The first-order chi connectivity index (χ1) is 14.3. The van der Waals surface area contributed by atoms with Gasteiger partial charge in [-0.1, -0.05) is 24.3 Å². The van der Waals surface area contributed by atoms with Crippen LogP contribution < -0.4 is 4.74 Å². The number of carbonyl (C=O) groups is 1. The van der Waals surface area contributed by atoms with Crippen molar-refractivity contribution in [2.75, 3.05) is 13.2 Å². The molecule has 0 spiro atoms. The van der Waals surface area contributed by atoms with E-state index in [4.69, 9.17) is 4.74 Å². The van der Waals surface area contributed by atoms with E-state index in [1.165, 1.54) is 41.7 Å². The highest BCUT2D eigenvalue weighted by molar-refractivity contribution is 7.15. The lowest BCUT2D eigenvalue weighted by Crippen LogP contribution is -2.38. The zero-order valence-electron chi connectivity index (χ0n) is 15.6. The molecule has 30 heavy (non-hydrogen) atoms. The standard InChI is InChI=1S/C21H16F4N2O2S/c22-15-3-1-2-4-17(15)29-12-19(28)27-10-9-16-18(11-27)30-20(26-16)13-5-7-14(8-6-13)21(23,24)25/h1-8H,9-12H2. The molecule has 0 fully saturated rings. The Hall–Kier alpha value is -2.94. The lowest BCUT2D eigenvalue weighted by molar-refractivity contribution is -0.137. The van der Waals surface area contributed by atoms with Gasteiger partial charge in [-0.25, -0.2) is 9.37 Å². The summed E-state index contributed by atoms with van der Waals surface area (Å²) in [6, 6.07) is 10.7. The number of aromatic nitrogens is 1. The summed E-state index contributed by atoms with van der Waals surface area (Å²) in [4.78, 5) is 19.5. The molecular formula is C21H16F4N2O2S. The number of thiazole rings is 1. The summed E-state index contributed by atoms with van der Waals surface area (Å²) in [6.45, 7) is 0.510. The third-order valence-corrected chi connectivity index (χ3v) is 5.86. The highest BCUT2D eigenvalue weighted by Crippen LogP contribution is 2.34. The molecule has 3 aromatic rings. The number of ether oxygens (including phenoxy) is 1. The topological polar surface area (TPSA) is 42.4 Å². The number of benzene rings is 2. The Labute approximate surface area is 173 Å². The molecule has 0 bridgehead atoms. The van der Waals surface area contributed by atoms with Gasteiger partial charge in [0.15, 0.2) is 18.2 Å². The fourth-order valence-electron chi connectivity index (χ4n) is 3.13. The minimum atomic E-state index is -4.38. The molecular weight excluding hydrogens is 420 g/mol. The fourth-order valence-corrected chi connectivity index (χ4v) is 4.26. The molecule has 0 atom stereocenters. The van der Waals surface area contributed by atoms with Crippen LogP contribution >= 0.6 is 11.3 Å². The SMILES string of the molecule is O=C(COc1ccccc1F)N1CCc2nc(-c3ccc(C(F)(F)F)cc3)sc2C1. The number of halogens is 4. The van der Waals surface area contributed by atoms with Crippen LogP contribution in [0, 0.1) is 5.82 Å². The third kappa shape index (κ3) is 4.30. The van der Waals surface area contributed by atoms with E-state index in [9.17, 15) is 22.4 Å². The van der Waals surface area contributed by atoms with Gasteiger partial charge in [-0.15, -0.1) is 11.3 Å². The number of rotatable bonds is 4. The summed E-state index contributed by atoms with van der Waals surface area (Å²) in [5.41, 5.74) is 0.733. The van der Waals surface area contributed by atoms with Crippen LogP contribution in [-0.4, -0.2) is 28.9 Å². The molecule has 0 unspecified atom stereocenters. The largest absolute Gasteiger partial charge is 0.481 e. The average molecular weight is 436 g/mol. The van der Waals surface area contributed by atoms with E-state index in [1.807, 2.05) is 0 Å². The van der Waals surface area contributed by atoms with E-state index in [1.54, 1.807) is 11.0 Å². The molecule has 2 aromatic carbocycles. The van der Waals surface area contributed by atoms with Gasteiger partial charge in [-0.05, 0) is 24.3 Å². The van der Waals surface area contributed by atoms with Gasteiger partial charge in [0.1, 0.15) is 5.01 Å². The molecule has 0 saturated carbocycles. The van der Waals surface area contributed by atoms with Crippen molar-refractivity contribution in [3.63, 3.8) is 0 Å². The molecule has 1 aliphatic heterocycles. The summed E-state index contributed by atoms with van der Waals surface area (Å²) in [5.74, 6) is -0.783. The second kappa shape index (κ2) is 8.06. The van der Waals surface area contributed by atoms with E-state index in [-0.39, 0.29) is 18.3 Å². The molecule has 2 heterocycles. The maximum atomic E-state index is 13.6. The fraction of sp³-hybridized carbons (Fsp3) is 0.238. The van der Waals surface area contributed by atoms with Crippen molar-refractivity contribution in [1.82, 2.24) is 9.88 Å². The third-order valence-electron chi connectivity index (χ3n) is 4.73. The Morgan fingerprint density at radius 1 is 1.13 bits per heavy atom. The number of fused-ring (bicyclic) bond motifs is 1. The smallest absolute Gasteiger partial charge is 0.416 e. The van der Waals surface area contributed by atoms with Crippen LogP contribution in [0.4, 0.5) is 17.6 Å². The van der Waals surface area contributed by atoms with Crippen LogP contribution in [0.1, 0.15) is 16.1 Å². The quantitative estimate of drug-likeness (QED) is 0.545. The average Bonchev–Trinajstić information content (AvgIpc) is 3.16. The number of carbonyl (C=O) groups excluding carboxylic acids is 1. The molecule has 0 saturated heterocycles. The number of alkyl halides is 3. The summed E-state index contributed by atoms with van der Waals surface area (Å²) >= 11 is 1.35. The maximum absolute atomic E-state index is 13.6. The molecule has 0 aliphatic carbocycles. The summed E-state index contributed by atoms with van der Waals surface area (Å²) < 4.78 is 57.1. The molecule has 1 aromatic heterocycles. The molecule has 0 radical (unpaired) electrons. The monoisotopic (exact) mass is 436 g/mol. The van der Waals surface area contributed by atoms with Gasteiger partial charge in [0.05, 0.1) is 17.8 Å². The van der Waals surface area contributed by atoms with Crippen molar-refractivity contribution in [2.24, 2.45) is 0 Å². The molecule has 9 heteroatoms. The van der Waals surface area contributed by atoms with Crippen molar-refractivity contribution in [3.8, 4) is 16.3 Å². The maximum Gasteiger partial charge on any atom is 0.416 e. The lowest BCUT2D eigenvalue weighted by atomic mass is 10.1. The molecule has 4 nitrogen and oxygen atoms in total. The molecule has 4 rings (SSSR count). The summed E-state index contributed by atoms with van der Waals surface area (Å²) in [7, 11) is 0.